The van der Waals surface area contributed by atoms with Crippen molar-refractivity contribution in [3.05, 3.63) is 36.7 Å². The lowest BCUT2D eigenvalue weighted by molar-refractivity contribution is -0.121. The molecule has 1 amide bonds. The van der Waals surface area contributed by atoms with E-state index in [0.717, 1.165) is 4.31 Å². The van der Waals surface area contributed by atoms with E-state index in [0.29, 0.717) is 10.8 Å². The molecule has 2 N–H and O–H groups in total. The number of sulfonamides is 1. The number of halogens is 1. The van der Waals surface area contributed by atoms with E-state index >= 15 is 0 Å². The van der Waals surface area contributed by atoms with Gasteiger partial charge in [0.2, 0.25) is 15.9 Å². The van der Waals surface area contributed by atoms with Gasteiger partial charge < -0.3 is 5.73 Å². The summed E-state index contributed by atoms with van der Waals surface area (Å²) in [6, 6.07) is 5.16. The zero-order valence-electron chi connectivity index (χ0n) is 11.5. The van der Waals surface area contributed by atoms with E-state index in [4.69, 9.17) is 5.73 Å². The van der Waals surface area contributed by atoms with Crippen LogP contribution in [0.15, 0.2) is 41.6 Å². The lowest BCUT2D eigenvalue weighted by Gasteiger charge is -2.22. The third kappa shape index (κ3) is 2.34. The molecule has 0 spiro atoms. The van der Waals surface area contributed by atoms with E-state index in [2.05, 4.69) is 4.98 Å². The first-order chi connectivity index (χ1) is 10.4. The number of nitrogens with two attached hydrogens (primary N) is 1. The van der Waals surface area contributed by atoms with Crippen molar-refractivity contribution in [3.63, 3.8) is 0 Å². The van der Waals surface area contributed by atoms with Crippen molar-refractivity contribution in [1.29, 1.82) is 0 Å². The Morgan fingerprint density at radius 2 is 2.14 bits per heavy atom. The number of nitrogens with zero attached hydrogens (tertiary/aromatic N) is 2. The summed E-state index contributed by atoms with van der Waals surface area (Å²) in [5.41, 5.74) is 5.22. The molecule has 0 saturated carbocycles. The van der Waals surface area contributed by atoms with Gasteiger partial charge in [0.15, 0.2) is 0 Å². The number of hydrogen-bond donors (Lipinski definition) is 1. The molecule has 1 aromatic heterocycles. The number of amides is 1. The molecule has 116 valence electrons. The maximum atomic E-state index is 13.6. The molecular weight excluding hydrogens is 309 g/mol. The van der Waals surface area contributed by atoms with Gasteiger partial charge in [-0.25, -0.2) is 12.8 Å². The van der Waals surface area contributed by atoms with Crippen molar-refractivity contribution in [2.24, 2.45) is 5.73 Å². The van der Waals surface area contributed by atoms with Crippen molar-refractivity contribution in [1.82, 2.24) is 9.29 Å². The first kappa shape index (κ1) is 14.9. The molecule has 0 radical (unpaired) electrons. The third-order valence-electron chi connectivity index (χ3n) is 3.76. The van der Waals surface area contributed by atoms with E-state index < -0.39 is 28.1 Å². The maximum Gasteiger partial charge on any atom is 0.244 e. The Hall–Kier alpha value is -2.06. The number of aromatic nitrogens is 1. The van der Waals surface area contributed by atoms with Crippen LogP contribution in [0.5, 0.6) is 0 Å². The van der Waals surface area contributed by atoms with Gasteiger partial charge >= 0.3 is 0 Å². The first-order valence-corrected chi connectivity index (χ1v) is 8.13. The van der Waals surface area contributed by atoms with Crippen LogP contribution in [0.3, 0.4) is 0 Å². The Balaban J connectivity index is 2.14. The van der Waals surface area contributed by atoms with Crippen molar-refractivity contribution < 1.29 is 17.6 Å². The smallest absolute Gasteiger partial charge is 0.244 e. The topological polar surface area (TPSA) is 93.4 Å². The van der Waals surface area contributed by atoms with Crippen molar-refractivity contribution in [2.45, 2.75) is 23.5 Å². The van der Waals surface area contributed by atoms with Crippen LogP contribution < -0.4 is 5.73 Å². The van der Waals surface area contributed by atoms with E-state index in [-0.39, 0.29) is 17.9 Å². The summed E-state index contributed by atoms with van der Waals surface area (Å²) in [7, 11) is -4.03. The Morgan fingerprint density at radius 1 is 1.36 bits per heavy atom. The lowest BCUT2D eigenvalue weighted by atomic mass is 10.2. The fraction of sp³-hybridized carbons (Fsp3) is 0.286. The predicted molar refractivity (Wildman–Crippen MR) is 78.1 cm³/mol. The average molecular weight is 323 g/mol. The summed E-state index contributed by atoms with van der Waals surface area (Å²) < 4.78 is 40.2. The molecule has 2 heterocycles. The van der Waals surface area contributed by atoms with E-state index in [1.54, 1.807) is 24.4 Å². The summed E-state index contributed by atoms with van der Waals surface area (Å²) in [5, 5.41) is 1.12. The molecule has 0 unspecified atom stereocenters. The standard InChI is InChI=1S/C14H14FN3O3S/c15-10-6-12(14(16)19)18(8-10)22(20,21)13-3-1-2-9-7-17-5-4-11(9)13/h1-5,7,10,12H,6,8H2,(H2,16,19)/t10-,12+/m1/s1. The molecular formula is C14H14FN3O3S. The molecule has 2 aromatic rings. The molecule has 8 heteroatoms. The number of primary amides is 1. The number of rotatable bonds is 3. The first-order valence-electron chi connectivity index (χ1n) is 6.69. The van der Waals surface area contributed by atoms with Gasteiger partial charge in [0.05, 0.1) is 4.90 Å². The van der Waals surface area contributed by atoms with Crippen LogP contribution >= 0.6 is 0 Å². The SMILES string of the molecule is NC(=O)[C@@H]1C[C@@H](F)CN1S(=O)(=O)c1cccc2cnccc12. The van der Waals surface area contributed by atoms with Gasteiger partial charge in [0.25, 0.3) is 0 Å². The third-order valence-corrected chi connectivity index (χ3v) is 5.69. The second-order valence-corrected chi connectivity index (χ2v) is 7.04. The van der Waals surface area contributed by atoms with E-state index in [9.17, 15) is 17.6 Å². The molecule has 0 aliphatic carbocycles. The van der Waals surface area contributed by atoms with Crippen molar-refractivity contribution in [3.8, 4) is 0 Å². The number of fused-ring (bicyclic) bond motifs is 1. The molecule has 0 bridgehead atoms. The lowest BCUT2D eigenvalue weighted by Crippen LogP contribution is -2.43. The number of hydrogen-bond acceptors (Lipinski definition) is 4. The van der Waals surface area contributed by atoms with Crippen LogP contribution in [0, 0.1) is 0 Å². The molecule has 2 atom stereocenters. The second kappa shape index (κ2) is 5.29. The van der Waals surface area contributed by atoms with Gasteiger partial charge in [-0.15, -0.1) is 0 Å². The number of pyridine rings is 1. The molecule has 3 rings (SSSR count). The number of carbonyl (C=O) groups excluding carboxylic acids is 1. The fourth-order valence-electron chi connectivity index (χ4n) is 2.72. The highest BCUT2D eigenvalue weighted by atomic mass is 32.2. The minimum atomic E-state index is -4.03. The van der Waals surface area contributed by atoms with Crippen LogP contribution in [0.25, 0.3) is 10.8 Å². The molecule has 1 saturated heterocycles. The second-order valence-electron chi connectivity index (χ2n) is 5.18. The zero-order valence-corrected chi connectivity index (χ0v) is 12.3. The minimum Gasteiger partial charge on any atom is -0.368 e. The summed E-state index contributed by atoms with van der Waals surface area (Å²) in [4.78, 5) is 15.4. The Labute approximate surface area is 126 Å². The van der Waals surface area contributed by atoms with Crippen LogP contribution in [0.2, 0.25) is 0 Å². The Morgan fingerprint density at radius 3 is 2.86 bits per heavy atom. The molecule has 1 aliphatic heterocycles. The predicted octanol–water partition coefficient (Wildman–Crippen LogP) is 0.821. The summed E-state index contributed by atoms with van der Waals surface area (Å²) >= 11 is 0. The number of carbonyl (C=O) groups is 1. The zero-order chi connectivity index (χ0) is 15.9. The average Bonchev–Trinajstić information content (AvgIpc) is 2.90. The van der Waals surface area contributed by atoms with Gasteiger partial charge in [-0.2, -0.15) is 4.31 Å². The molecule has 1 aliphatic rings. The monoisotopic (exact) mass is 323 g/mol. The van der Waals surface area contributed by atoms with Crippen LogP contribution in [0.4, 0.5) is 4.39 Å². The summed E-state index contributed by atoms with van der Waals surface area (Å²) in [6.07, 6.45) is 1.42. The summed E-state index contributed by atoms with van der Waals surface area (Å²) in [6.45, 7) is -0.364. The van der Waals surface area contributed by atoms with Crippen LogP contribution in [0.1, 0.15) is 6.42 Å². The van der Waals surface area contributed by atoms with Crippen LogP contribution in [-0.2, 0) is 14.8 Å². The van der Waals surface area contributed by atoms with Crippen molar-refractivity contribution in [2.75, 3.05) is 6.54 Å². The van der Waals surface area contributed by atoms with Gasteiger partial charge in [-0.3, -0.25) is 9.78 Å². The van der Waals surface area contributed by atoms with Crippen LogP contribution in [-0.4, -0.2) is 42.4 Å². The highest BCUT2D eigenvalue weighted by Crippen LogP contribution is 2.31. The normalized spacial score (nSPS) is 23.0. The van der Waals surface area contributed by atoms with Gasteiger partial charge in [0, 0.05) is 36.1 Å². The summed E-state index contributed by atoms with van der Waals surface area (Å²) in [5.74, 6) is -0.842. The molecule has 6 nitrogen and oxygen atoms in total. The highest BCUT2D eigenvalue weighted by Gasteiger charge is 2.43. The van der Waals surface area contributed by atoms with Gasteiger partial charge in [-0.05, 0) is 12.1 Å². The van der Waals surface area contributed by atoms with Gasteiger partial charge in [-0.1, -0.05) is 12.1 Å². The van der Waals surface area contributed by atoms with Gasteiger partial charge in [0.1, 0.15) is 12.2 Å². The minimum absolute atomic E-state index is 0.0211. The molecule has 1 fully saturated rings. The fourth-order valence-corrected chi connectivity index (χ4v) is 4.57. The molecule has 22 heavy (non-hydrogen) atoms. The number of alkyl halides is 1. The quantitative estimate of drug-likeness (QED) is 0.905. The largest absolute Gasteiger partial charge is 0.368 e. The maximum absolute atomic E-state index is 13.6. The molecule has 1 aromatic carbocycles. The van der Waals surface area contributed by atoms with Crippen molar-refractivity contribution >= 4 is 26.7 Å². The van der Waals surface area contributed by atoms with E-state index in [1.807, 2.05) is 0 Å². The Kier molecular flexibility index (Phi) is 3.57. The highest BCUT2D eigenvalue weighted by molar-refractivity contribution is 7.89. The number of benzene rings is 1. The van der Waals surface area contributed by atoms with E-state index in [1.165, 1.54) is 12.3 Å². The Bertz CT molecular complexity index is 835.